The predicted octanol–water partition coefficient (Wildman–Crippen LogP) is 4.02. The summed E-state index contributed by atoms with van der Waals surface area (Å²) >= 11 is 0. The van der Waals surface area contributed by atoms with E-state index in [1.807, 2.05) is 18.2 Å². The molecule has 0 unspecified atom stereocenters. The Bertz CT molecular complexity index is 917. The Morgan fingerprint density at radius 1 is 1.17 bits per heavy atom. The van der Waals surface area contributed by atoms with Crippen LogP contribution in [0.25, 0.3) is 0 Å². The number of nitrogens with one attached hydrogen (secondary N) is 1. The van der Waals surface area contributed by atoms with Crippen molar-refractivity contribution in [2.45, 2.75) is 52.5 Å². The van der Waals surface area contributed by atoms with E-state index in [-0.39, 0.29) is 35.2 Å². The van der Waals surface area contributed by atoms with Gasteiger partial charge in [-0.3, -0.25) is 9.59 Å². The molecule has 1 amide bonds. The van der Waals surface area contributed by atoms with E-state index in [9.17, 15) is 9.59 Å². The second-order valence-corrected chi connectivity index (χ2v) is 6.94. The van der Waals surface area contributed by atoms with E-state index in [1.54, 1.807) is 19.1 Å². The molecule has 1 aromatic carbocycles. The molecule has 0 aliphatic carbocycles. The number of nitrogens with zero attached hydrogens (tertiary/aromatic N) is 2. The minimum absolute atomic E-state index is 0.0481. The number of carbonyl (C=O) groups excluding carboxylic acids is 2. The molecular weight excluding hydrogens is 380 g/mol. The standard InChI is InChI=1S/C23H28N4O3/c1-3-5-6-7-8-21(28)17-11-9-16(10-12-17)15-26-22(29)20-13-19(25)18(14-24)23(27-20)30-4-2/h9-13H,3-8,15H2,1-2H3,(H2,25,27)(H,26,29). The number of Topliss-reactive ketones (excluding diaryl/α,β-unsaturated/α-hetero) is 1. The zero-order chi connectivity index (χ0) is 21.9. The molecule has 158 valence electrons. The molecule has 0 fully saturated rings. The van der Waals surface area contributed by atoms with Crippen molar-refractivity contribution in [1.82, 2.24) is 10.3 Å². The molecule has 2 rings (SSSR count). The highest BCUT2D eigenvalue weighted by Gasteiger charge is 2.16. The molecule has 0 bridgehead atoms. The number of rotatable bonds is 11. The van der Waals surface area contributed by atoms with Crippen LogP contribution in [-0.4, -0.2) is 23.3 Å². The van der Waals surface area contributed by atoms with Crippen LogP contribution in [0.15, 0.2) is 30.3 Å². The maximum atomic E-state index is 12.5. The van der Waals surface area contributed by atoms with E-state index in [1.165, 1.54) is 6.07 Å². The summed E-state index contributed by atoms with van der Waals surface area (Å²) in [6, 6.07) is 10.5. The molecule has 0 atom stereocenters. The van der Waals surface area contributed by atoms with Gasteiger partial charge in [0.1, 0.15) is 17.3 Å². The topological polar surface area (TPSA) is 118 Å². The fourth-order valence-electron chi connectivity index (χ4n) is 2.95. The first-order valence-corrected chi connectivity index (χ1v) is 10.2. The zero-order valence-corrected chi connectivity index (χ0v) is 17.5. The first-order chi connectivity index (χ1) is 14.5. The summed E-state index contributed by atoms with van der Waals surface area (Å²) in [7, 11) is 0. The number of hydrogen-bond acceptors (Lipinski definition) is 6. The number of nitrogens with two attached hydrogens (primary N) is 1. The van der Waals surface area contributed by atoms with Gasteiger partial charge in [-0.1, -0.05) is 50.5 Å². The van der Waals surface area contributed by atoms with E-state index in [0.717, 1.165) is 31.2 Å². The number of hydrogen-bond donors (Lipinski definition) is 2. The summed E-state index contributed by atoms with van der Waals surface area (Å²) in [5.41, 5.74) is 7.73. The van der Waals surface area contributed by atoms with Crippen LogP contribution in [0, 0.1) is 11.3 Å². The number of anilines is 1. The van der Waals surface area contributed by atoms with Crippen LogP contribution in [0.3, 0.4) is 0 Å². The van der Waals surface area contributed by atoms with Crippen molar-refractivity contribution in [1.29, 1.82) is 5.26 Å². The molecule has 0 aliphatic heterocycles. The van der Waals surface area contributed by atoms with Crippen LogP contribution in [0.2, 0.25) is 0 Å². The molecule has 0 spiro atoms. The lowest BCUT2D eigenvalue weighted by molar-refractivity contribution is 0.0942. The van der Waals surface area contributed by atoms with Gasteiger partial charge in [0.2, 0.25) is 5.88 Å². The van der Waals surface area contributed by atoms with E-state index >= 15 is 0 Å². The average molecular weight is 409 g/mol. The highest BCUT2D eigenvalue weighted by atomic mass is 16.5. The summed E-state index contributed by atoms with van der Waals surface area (Å²) in [4.78, 5) is 28.8. The molecule has 0 saturated heterocycles. The van der Waals surface area contributed by atoms with Gasteiger partial charge in [0.25, 0.3) is 5.91 Å². The number of nitriles is 1. The summed E-state index contributed by atoms with van der Waals surface area (Å²) < 4.78 is 5.31. The second kappa shape index (κ2) is 11.6. The number of benzene rings is 1. The zero-order valence-electron chi connectivity index (χ0n) is 17.5. The SMILES string of the molecule is CCCCCCC(=O)c1ccc(CNC(=O)c2cc(N)c(C#N)c(OCC)n2)cc1. The number of aromatic nitrogens is 1. The molecule has 30 heavy (non-hydrogen) atoms. The maximum absolute atomic E-state index is 12.5. The number of ether oxygens (including phenoxy) is 1. The van der Waals surface area contributed by atoms with Crippen molar-refractivity contribution >= 4 is 17.4 Å². The van der Waals surface area contributed by atoms with Crippen molar-refractivity contribution in [3.8, 4) is 11.9 Å². The highest BCUT2D eigenvalue weighted by molar-refractivity contribution is 5.96. The van der Waals surface area contributed by atoms with Gasteiger partial charge >= 0.3 is 0 Å². The molecule has 7 nitrogen and oxygen atoms in total. The van der Waals surface area contributed by atoms with Crippen molar-refractivity contribution in [3.63, 3.8) is 0 Å². The summed E-state index contributed by atoms with van der Waals surface area (Å²) in [6.07, 6.45) is 4.84. The van der Waals surface area contributed by atoms with Gasteiger partial charge in [-0.25, -0.2) is 4.98 Å². The van der Waals surface area contributed by atoms with Gasteiger partial charge in [-0.15, -0.1) is 0 Å². The van der Waals surface area contributed by atoms with Crippen molar-refractivity contribution in [3.05, 3.63) is 52.7 Å². The van der Waals surface area contributed by atoms with Gasteiger partial charge in [0.05, 0.1) is 12.3 Å². The molecule has 0 radical (unpaired) electrons. The molecule has 7 heteroatoms. The smallest absolute Gasteiger partial charge is 0.270 e. The van der Waals surface area contributed by atoms with E-state index in [2.05, 4.69) is 17.2 Å². The lowest BCUT2D eigenvalue weighted by Gasteiger charge is -2.10. The summed E-state index contributed by atoms with van der Waals surface area (Å²) in [5.74, 6) is -0.238. The third-order valence-electron chi connectivity index (χ3n) is 4.63. The maximum Gasteiger partial charge on any atom is 0.270 e. The van der Waals surface area contributed by atoms with E-state index < -0.39 is 5.91 Å². The lowest BCUT2D eigenvalue weighted by atomic mass is 10.0. The first-order valence-electron chi connectivity index (χ1n) is 10.2. The minimum atomic E-state index is -0.428. The number of nitrogen functional groups attached to an aromatic ring is 1. The van der Waals surface area contributed by atoms with Gasteiger partial charge < -0.3 is 15.8 Å². The van der Waals surface area contributed by atoms with Crippen LogP contribution in [0.4, 0.5) is 5.69 Å². The first kappa shape index (κ1) is 22.9. The van der Waals surface area contributed by atoms with Crippen LogP contribution >= 0.6 is 0 Å². The largest absolute Gasteiger partial charge is 0.477 e. The fraction of sp³-hybridized carbons (Fsp3) is 0.391. The van der Waals surface area contributed by atoms with Crippen molar-refractivity contribution in [2.24, 2.45) is 0 Å². The molecule has 1 aromatic heterocycles. The predicted molar refractivity (Wildman–Crippen MR) is 115 cm³/mol. The van der Waals surface area contributed by atoms with Gasteiger partial charge in [-0.2, -0.15) is 5.26 Å². The quantitative estimate of drug-likeness (QED) is 0.428. The van der Waals surface area contributed by atoms with E-state index in [4.69, 9.17) is 15.7 Å². The lowest BCUT2D eigenvalue weighted by Crippen LogP contribution is -2.24. The van der Waals surface area contributed by atoms with Crippen molar-refractivity contribution in [2.75, 3.05) is 12.3 Å². The highest BCUT2D eigenvalue weighted by Crippen LogP contribution is 2.22. The Kier molecular flexibility index (Phi) is 8.82. The molecule has 2 aromatic rings. The molecule has 3 N–H and O–H groups in total. The molecule has 1 heterocycles. The van der Waals surface area contributed by atoms with Crippen molar-refractivity contribution < 1.29 is 14.3 Å². The molecular formula is C23H28N4O3. The summed E-state index contributed by atoms with van der Waals surface area (Å²) in [6.45, 7) is 4.47. The van der Waals surface area contributed by atoms with Crippen LogP contribution in [0.1, 0.15) is 77.9 Å². The number of unbranched alkanes of at least 4 members (excludes halogenated alkanes) is 3. The Morgan fingerprint density at radius 3 is 2.53 bits per heavy atom. The van der Waals surface area contributed by atoms with Crippen LogP contribution in [0.5, 0.6) is 5.88 Å². The minimum Gasteiger partial charge on any atom is -0.477 e. The monoisotopic (exact) mass is 408 g/mol. The number of ketones is 1. The van der Waals surface area contributed by atoms with Gasteiger partial charge in [-0.05, 0) is 25.0 Å². The third kappa shape index (κ3) is 6.31. The Balaban J connectivity index is 1.96. The number of carbonyl (C=O) groups is 2. The Hall–Kier alpha value is -3.40. The number of amides is 1. The van der Waals surface area contributed by atoms with Gasteiger partial charge in [0.15, 0.2) is 5.78 Å². The van der Waals surface area contributed by atoms with Crippen LogP contribution < -0.4 is 15.8 Å². The second-order valence-electron chi connectivity index (χ2n) is 6.94. The summed E-state index contributed by atoms with van der Waals surface area (Å²) in [5, 5.41) is 11.9. The average Bonchev–Trinajstić information content (AvgIpc) is 2.75. The number of pyridine rings is 1. The van der Waals surface area contributed by atoms with Crippen LogP contribution in [-0.2, 0) is 6.54 Å². The Labute approximate surface area is 177 Å². The molecule has 0 saturated carbocycles. The third-order valence-corrected chi connectivity index (χ3v) is 4.63. The Morgan fingerprint density at radius 2 is 1.90 bits per heavy atom. The molecule has 0 aliphatic rings. The normalized spacial score (nSPS) is 10.3. The van der Waals surface area contributed by atoms with Gasteiger partial charge in [0, 0.05) is 18.5 Å². The van der Waals surface area contributed by atoms with E-state index in [0.29, 0.717) is 18.6 Å². The fourth-order valence-corrected chi connectivity index (χ4v) is 2.95.